The summed E-state index contributed by atoms with van der Waals surface area (Å²) in [6.07, 6.45) is 3.23. The quantitative estimate of drug-likeness (QED) is 0.586. The van der Waals surface area contributed by atoms with Gasteiger partial charge in [-0.3, -0.25) is 9.78 Å². The number of fused-ring (bicyclic) bond motifs is 1. The van der Waals surface area contributed by atoms with Gasteiger partial charge in [0.05, 0.1) is 15.4 Å². The van der Waals surface area contributed by atoms with E-state index < -0.39 is 0 Å². The van der Waals surface area contributed by atoms with Crippen molar-refractivity contribution in [1.29, 1.82) is 0 Å². The largest absolute Gasteiger partial charge is 0.293 e. The zero-order chi connectivity index (χ0) is 14.8. The zero-order valence-electron chi connectivity index (χ0n) is 11.6. The van der Waals surface area contributed by atoms with Crippen molar-refractivity contribution in [3.63, 3.8) is 0 Å². The number of thiophene rings is 1. The summed E-state index contributed by atoms with van der Waals surface area (Å²) in [5.41, 5.74) is 1.90. The molecule has 0 saturated heterocycles. The number of rotatable bonds is 4. The highest BCUT2D eigenvalue weighted by Gasteiger charge is 2.13. The predicted octanol–water partition coefficient (Wildman–Crippen LogP) is 5.60. The molecule has 0 spiro atoms. The second kappa shape index (κ2) is 5.96. The number of benzene rings is 1. The van der Waals surface area contributed by atoms with Crippen molar-refractivity contribution in [3.8, 4) is 10.4 Å². The number of aromatic nitrogens is 1. The highest BCUT2D eigenvalue weighted by atomic mass is 35.5. The van der Waals surface area contributed by atoms with Crippen LogP contribution in [-0.2, 0) is 0 Å². The third kappa shape index (κ3) is 2.71. The highest BCUT2D eigenvalue weighted by Crippen LogP contribution is 2.35. The van der Waals surface area contributed by atoms with Gasteiger partial charge in [0.15, 0.2) is 5.78 Å². The summed E-state index contributed by atoms with van der Waals surface area (Å²) >= 11 is 7.74. The molecule has 0 saturated carbocycles. The topological polar surface area (TPSA) is 30.0 Å². The van der Waals surface area contributed by atoms with Gasteiger partial charge in [-0.1, -0.05) is 18.5 Å². The van der Waals surface area contributed by atoms with Crippen LogP contribution in [0, 0.1) is 0 Å². The van der Waals surface area contributed by atoms with Crippen LogP contribution in [0.3, 0.4) is 0 Å². The lowest BCUT2D eigenvalue weighted by atomic mass is 10.1. The van der Waals surface area contributed by atoms with E-state index in [2.05, 4.69) is 4.98 Å². The van der Waals surface area contributed by atoms with Gasteiger partial charge >= 0.3 is 0 Å². The van der Waals surface area contributed by atoms with Gasteiger partial charge in [0.2, 0.25) is 0 Å². The van der Waals surface area contributed by atoms with Crippen LogP contribution in [0.4, 0.5) is 0 Å². The molecule has 0 aliphatic heterocycles. The average molecular weight is 316 g/mol. The molecular formula is C17H14ClNOS. The maximum Gasteiger partial charge on any atom is 0.172 e. The number of carbonyl (C=O) groups excluding carboxylic acids is 1. The third-order valence-corrected chi connectivity index (χ3v) is 4.83. The first-order valence-electron chi connectivity index (χ1n) is 6.87. The summed E-state index contributed by atoms with van der Waals surface area (Å²) in [6, 6.07) is 11.6. The Hall–Kier alpha value is -1.71. The van der Waals surface area contributed by atoms with E-state index in [4.69, 9.17) is 11.6 Å². The van der Waals surface area contributed by atoms with Gasteiger partial charge in [-0.25, -0.2) is 0 Å². The lowest BCUT2D eigenvalue weighted by molar-refractivity contribution is 0.0985. The normalized spacial score (nSPS) is 11.0. The van der Waals surface area contributed by atoms with Gasteiger partial charge in [0, 0.05) is 28.4 Å². The molecule has 0 unspecified atom stereocenters. The van der Waals surface area contributed by atoms with Crippen molar-refractivity contribution >= 4 is 39.6 Å². The molecule has 3 aromatic rings. The molecule has 1 aromatic carbocycles. The van der Waals surface area contributed by atoms with Crippen molar-refractivity contribution in [2.45, 2.75) is 19.8 Å². The molecule has 3 rings (SSSR count). The number of nitrogens with zero attached hydrogens (tertiary/aromatic N) is 1. The van der Waals surface area contributed by atoms with Crippen molar-refractivity contribution in [3.05, 3.63) is 52.5 Å². The third-order valence-electron chi connectivity index (χ3n) is 3.34. The van der Waals surface area contributed by atoms with Gasteiger partial charge in [-0.15, -0.1) is 11.3 Å². The molecule has 2 heterocycles. The molecule has 21 heavy (non-hydrogen) atoms. The number of ketones is 1. The van der Waals surface area contributed by atoms with Gasteiger partial charge in [-0.2, -0.15) is 0 Å². The summed E-state index contributed by atoms with van der Waals surface area (Å²) < 4.78 is 0. The molecule has 4 heteroatoms. The summed E-state index contributed by atoms with van der Waals surface area (Å²) in [6.45, 7) is 2.02. The van der Waals surface area contributed by atoms with E-state index in [0.29, 0.717) is 11.4 Å². The van der Waals surface area contributed by atoms with Crippen LogP contribution in [0.5, 0.6) is 0 Å². The number of halogens is 1. The van der Waals surface area contributed by atoms with E-state index >= 15 is 0 Å². The van der Waals surface area contributed by atoms with E-state index in [0.717, 1.165) is 32.6 Å². The summed E-state index contributed by atoms with van der Waals surface area (Å²) in [5, 5.41) is 1.63. The van der Waals surface area contributed by atoms with Gasteiger partial charge < -0.3 is 0 Å². The average Bonchev–Trinajstić information content (AvgIpc) is 2.98. The summed E-state index contributed by atoms with van der Waals surface area (Å²) in [4.78, 5) is 18.3. The smallest absolute Gasteiger partial charge is 0.172 e. The van der Waals surface area contributed by atoms with Crippen molar-refractivity contribution < 1.29 is 4.79 Å². The fourth-order valence-electron chi connectivity index (χ4n) is 2.32. The van der Waals surface area contributed by atoms with Crippen LogP contribution in [0.25, 0.3) is 21.3 Å². The maximum atomic E-state index is 12.0. The number of carbonyl (C=O) groups is 1. The predicted molar refractivity (Wildman–Crippen MR) is 89.3 cm³/mol. The Morgan fingerprint density at radius 1 is 1.24 bits per heavy atom. The van der Waals surface area contributed by atoms with Crippen molar-refractivity contribution in [2.75, 3.05) is 0 Å². The minimum absolute atomic E-state index is 0.208. The first-order chi connectivity index (χ1) is 10.2. The molecule has 0 fully saturated rings. The highest BCUT2D eigenvalue weighted by molar-refractivity contribution is 7.17. The second-order valence-electron chi connectivity index (χ2n) is 4.83. The number of Topliss-reactive ketones (excluding diaryl/α,β-unsaturated/α-hetero) is 1. The first kappa shape index (κ1) is 14.2. The Bertz CT molecular complexity index is 809. The minimum atomic E-state index is 0.208. The van der Waals surface area contributed by atoms with Gasteiger partial charge in [0.25, 0.3) is 0 Å². The van der Waals surface area contributed by atoms with Crippen LogP contribution in [0.1, 0.15) is 29.4 Å². The molecule has 0 aliphatic carbocycles. The standard InChI is InChI=1S/C17H14ClNOS/c1-2-4-14(20)16-9-8-15(21-16)12-6-7-13(18)11-5-3-10-19-17(11)12/h3,5-10H,2,4H2,1H3. The van der Waals surface area contributed by atoms with E-state index in [9.17, 15) is 4.79 Å². The fourth-order valence-corrected chi connectivity index (χ4v) is 3.53. The van der Waals surface area contributed by atoms with Gasteiger partial charge in [-0.05, 0) is 42.8 Å². The van der Waals surface area contributed by atoms with Crippen molar-refractivity contribution in [1.82, 2.24) is 4.98 Å². The van der Waals surface area contributed by atoms with Crippen molar-refractivity contribution in [2.24, 2.45) is 0 Å². The molecule has 2 aromatic heterocycles. The molecule has 0 radical (unpaired) electrons. The Balaban J connectivity index is 2.09. The first-order valence-corrected chi connectivity index (χ1v) is 8.06. The van der Waals surface area contributed by atoms with Crippen LogP contribution in [0.15, 0.2) is 42.6 Å². The molecule has 0 bridgehead atoms. The lowest BCUT2D eigenvalue weighted by Crippen LogP contribution is -1.93. The summed E-state index contributed by atoms with van der Waals surface area (Å²) in [5.74, 6) is 0.208. The number of pyridine rings is 1. The Morgan fingerprint density at radius 3 is 2.90 bits per heavy atom. The van der Waals surface area contributed by atoms with Crippen LogP contribution >= 0.6 is 22.9 Å². The maximum absolute atomic E-state index is 12.0. The molecule has 106 valence electrons. The number of hydrogen-bond donors (Lipinski definition) is 0. The SMILES string of the molecule is CCCC(=O)c1ccc(-c2ccc(Cl)c3cccnc23)s1. The summed E-state index contributed by atoms with van der Waals surface area (Å²) in [7, 11) is 0. The Kier molecular flexibility index (Phi) is 4.04. The van der Waals surface area contributed by atoms with E-state index in [1.807, 2.05) is 43.3 Å². The van der Waals surface area contributed by atoms with E-state index in [-0.39, 0.29) is 5.78 Å². The van der Waals surface area contributed by atoms with Crippen LogP contribution < -0.4 is 0 Å². The zero-order valence-corrected chi connectivity index (χ0v) is 13.2. The minimum Gasteiger partial charge on any atom is -0.293 e. The molecule has 0 atom stereocenters. The van der Waals surface area contributed by atoms with Crippen LogP contribution in [0.2, 0.25) is 5.02 Å². The molecule has 0 aliphatic rings. The lowest BCUT2D eigenvalue weighted by Gasteiger charge is -2.05. The molecular weight excluding hydrogens is 302 g/mol. The molecule has 2 nitrogen and oxygen atoms in total. The fraction of sp³-hybridized carbons (Fsp3) is 0.176. The monoisotopic (exact) mass is 315 g/mol. The molecule has 0 N–H and O–H groups in total. The van der Waals surface area contributed by atoms with E-state index in [1.54, 1.807) is 6.20 Å². The Morgan fingerprint density at radius 2 is 2.10 bits per heavy atom. The van der Waals surface area contributed by atoms with Crippen LogP contribution in [-0.4, -0.2) is 10.8 Å². The second-order valence-corrected chi connectivity index (χ2v) is 6.32. The van der Waals surface area contributed by atoms with E-state index in [1.165, 1.54) is 11.3 Å². The Labute approximate surface area is 132 Å². The number of hydrogen-bond acceptors (Lipinski definition) is 3. The van der Waals surface area contributed by atoms with Gasteiger partial charge in [0.1, 0.15) is 0 Å². The molecule has 0 amide bonds.